The summed E-state index contributed by atoms with van der Waals surface area (Å²) in [5.74, 6) is -1.74. The molecule has 0 spiro atoms. The van der Waals surface area contributed by atoms with E-state index in [1.54, 1.807) is 19.9 Å². The van der Waals surface area contributed by atoms with Gasteiger partial charge in [0, 0.05) is 22.7 Å². The fraction of sp³-hybridized carbons (Fsp3) is 0.542. The number of carbonyl (C=O) groups is 3. The number of esters is 1. The molecule has 9 nitrogen and oxygen atoms in total. The van der Waals surface area contributed by atoms with Gasteiger partial charge >= 0.3 is 5.97 Å². The highest BCUT2D eigenvalue weighted by Gasteiger charge is 2.51. The van der Waals surface area contributed by atoms with Crippen LogP contribution in [0.15, 0.2) is 23.3 Å². The van der Waals surface area contributed by atoms with Crippen LogP contribution in [0.5, 0.6) is 5.75 Å². The number of nitrogens with zero attached hydrogens (tertiary/aromatic N) is 1. The Bertz CT molecular complexity index is 1090. The lowest BCUT2D eigenvalue weighted by molar-refractivity contribution is -0.142. The number of aliphatic hydroxyl groups excluding tert-OH is 1. The number of phenols is 1. The number of rotatable bonds is 2. The van der Waals surface area contributed by atoms with E-state index in [9.17, 15) is 24.6 Å². The van der Waals surface area contributed by atoms with Crippen molar-refractivity contribution in [3.63, 3.8) is 0 Å². The number of carbonyl (C=O) groups excluding carboxylic acids is 3. The Morgan fingerprint density at radius 2 is 1.76 bits per heavy atom. The number of hydrogen-bond acceptors (Lipinski definition) is 9. The third-order valence-electron chi connectivity index (χ3n) is 7.21. The van der Waals surface area contributed by atoms with Crippen LogP contribution in [0.2, 0.25) is 0 Å². The summed E-state index contributed by atoms with van der Waals surface area (Å²) in [7, 11) is 3.72. The zero-order valence-electron chi connectivity index (χ0n) is 18.9. The number of Topliss-reactive ketones (excluding diaryl/α,β-unsaturated/α-hetero) is 2. The van der Waals surface area contributed by atoms with E-state index in [2.05, 4.69) is 0 Å². The van der Waals surface area contributed by atoms with E-state index in [-0.39, 0.29) is 40.5 Å². The van der Waals surface area contributed by atoms with Gasteiger partial charge in [-0.25, -0.2) is 0 Å². The third-order valence-corrected chi connectivity index (χ3v) is 7.21. The molecule has 7 atom stereocenters. The predicted molar refractivity (Wildman–Crippen MR) is 114 cm³/mol. The number of likely N-dealkylation sites (N-methyl/N-ethyl adjacent to an activating group) is 1. The first-order chi connectivity index (χ1) is 15.6. The minimum atomic E-state index is -0.917. The van der Waals surface area contributed by atoms with E-state index < -0.39 is 54.2 Å². The first kappa shape index (κ1) is 22.2. The van der Waals surface area contributed by atoms with E-state index in [1.807, 2.05) is 19.0 Å². The smallest absolute Gasteiger partial charge is 0.309 e. The van der Waals surface area contributed by atoms with Gasteiger partial charge in [0.1, 0.15) is 11.9 Å². The maximum atomic E-state index is 13.5. The van der Waals surface area contributed by atoms with E-state index in [1.165, 1.54) is 6.07 Å². The summed E-state index contributed by atoms with van der Waals surface area (Å²) in [6.07, 6.45) is -3.57. The Hall–Kier alpha value is -2.59. The average Bonchev–Trinajstić information content (AvgIpc) is 3.12. The van der Waals surface area contributed by atoms with Crippen LogP contribution in [0.25, 0.3) is 0 Å². The summed E-state index contributed by atoms with van der Waals surface area (Å²) in [4.78, 5) is 40.7. The van der Waals surface area contributed by atoms with Crippen LogP contribution in [0.3, 0.4) is 0 Å². The molecule has 2 saturated heterocycles. The normalized spacial score (nSPS) is 35.9. The van der Waals surface area contributed by atoms with Crippen molar-refractivity contribution in [1.29, 1.82) is 0 Å². The van der Waals surface area contributed by atoms with Crippen molar-refractivity contribution >= 4 is 17.5 Å². The molecular formula is C24H27NO8. The second-order valence-corrected chi connectivity index (χ2v) is 9.43. The van der Waals surface area contributed by atoms with Crippen molar-refractivity contribution in [2.45, 2.75) is 69.4 Å². The molecule has 9 heteroatoms. The predicted octanol–water partition coefficient (Wildman–Crippen LogP) is 1.31. The lowest BCUT2D eigenvalue weighted by atomic mass is 9.76. The molecule has 0 radical (unpaired) electrons. The molecule has 0 aromatic heterocycles. The van der Waals surface area contributed by atoms with Gasteiger partial charge in [-0.3, -0.25) is 14.4 Å². The first-order valence-electron chi connectivity index (χ1n) is 11.1. The van der Waals surface area contributed by atoms with Crippen LogP contribution in [0, 0.1) is 0 Å². The summed E-state index contributed by atoms with van der Waals surface area (Å²) in [5, 5.41) is 21.7. The van der Waals surface area contributed by atoms with E-state index >= 15 is 0 Å². The number of hydrogen-bond donors (Lipinski definition) is 2. The van der Waals surface area contributed by atoms with Gasteiger partial charge in [0.2, 0.25) is 0 Å². The molecule has 4 aliphatic rings. The van der Waals surface area contributed by atoms with Gasteiger partial charge in [0.25, 0.3) is 0 Å². The van der Waals surface area contributed by atoms with Gasteiger partial charge in [-0.05, 0) is 40.4 Å². The summed E-state index contributed by atoms with van der Waals surface area (Å²) in [5.41, 5.74) is 0.643. The van der Waals surface area contributed by atoms with Crippen LogP contribution in [0.4, 0.5) is 0 Å². The molecule has 2 N–H and O–H groups in total. The van der Waals surface area contributed by atoms with Gasteiger partial charge in [-0.2, -0.15) is 0 Å². The third kappa shape index (κ3) is 3.25. The second-order valence-electron chi connectivity index (χ2n) is 9.43. The molecule has 3 aliphatic heterocycles. The standard InChI is InChI=1S/C24H27NO8/c1-9-17-19(24-15(31-9)8-16(26)33-24)22(29)12-6-5-11(21(28)18(12)23(17)30)14-7-13(25(3)4)20(27)10(2)32-14/h5-6,9-10,13-15,20,24,27-28H,7-8H2,1-4H3/t9-,10+,13-,14+,15+,20+,24+/m0/s1. The number of aliphatic hydroxyl groups is 1. The number of benzene rings is 1. The number of ether oxygens (including phenoxy) is 3. The second kappa shape index (κ2) is 7.73. The van der Waals surface area contributed by atoms with Crippen LogP contribution < -0.4 is 0 Å². The Labute approximate surface area is 190 Å². The van der Waals surface area contributed by atoms with Crippen molar-refractivity contribution < 1.29 is 38.8 Å². The maximum Gasteiger partial charge on any atom is 0.309 e. The summed E-state index contributed by atoms with van der Waals surface area (Å²) in [6.45, 7) is 3.41. The quantitative estimate of drug-likeness (QED) is 0.633. The Morgan fingerprint density at radius 1 is 1.03 bits per heavy atom. The molecule has 1 aliphatic carbocycles. The molecule has 176 valence electrons. The molecule has 0 unspecified atom stereocenters. The first-order valence-corrected chi connectivity index (χ1v) is 11.1. The number of aromatic hydroxyl groups is 1. The molecule has 2 fully saturated rings. The number of fused-ring (bicyclic) bond motifs is 3. The molecule has 3 heterocycles. The van der Waals surface area contributed by atoms with Crippen molar-refractivity contribution in [3.05, 3.63) is 40.0 Å². The number of ketones is 2. The van der Waals surface area contributed by atoms with Crippen molar-refractivity contribution in [3.8, 4) is 5.75 Å². The fourth-order valence-corrected chi connectivity index (χ4v) is 5.51. The summed E-state index contributed by atoms with van der Waals surface area (Å²) < 4.78 is 17.1. The van der Waals surface area contributed by atoms with Gasteiger partial charge in [-0.1, -0.05) is 6.07 Å². The van der Waals surface area contributed by atoms with Gasteiger partial charge in [-0.15, -0.1) is 0 Å². The van der Waals surface area contributed by atoms with E-state index in [4.69, 9.17) is 14.2 Å². The van der Waals surface area contributed by atoms with Crippen LogP contribution in [-0.4, -0.2) is 83.3 Å². The highest BCUT2D eigenvalue weighted by Crippen LogP contribution is 2.45. The molecule has 5 rings (SSSR count). The van der Waals surface area contributed by atoms with Crippen LogP contribution >= 0.6 is 0 Å². The minimum absolute atomic E-state index is 0.0282. The van der Waals surface area contributed by atoms with Gasteiger partial charge in [0.15, 0.2) is 17.7 Å². The lowest BCUT2D eigenvalue weighted by Crippen LogP contribution is -2.50. The van der Waals surface area contributed by atoms with E-state index in [0.717, 1.165) is 0 Å². The average molecular weight is 457 g/mol. The molecule has 0 saturated carbocycles. The topological polar surface area (TPSA) is 123 Å². The maximum absolute atomic E-state index is 13.5. The molecule has 1 aromatic rings. The van der Waals surface area contributed by atoms with Crippen molar-refractivity contribution in [2.75, 3.05) is 14.1 Å². The largest absolute Gasteiger partial charge is 0.507 e. The zero-order chi connectivity index (χ0) is 23.8. The molecule has 0 bridgehead atoms. The fourth-order valence-electron chi connectivity index (χ4n) is 5.51. The van der Waals surface area contributed by atoms with Crippen LogP contribution in [-0.2, 0) is 19.0 Å². The minimum Gasteiger partial charge on any atom is -0.507 e. The van der Waals surface area contributed by atoms with Crippen LogP contribution in [0.1, 0.15) is 59.1 Å². The van der Waals surface area contributed by atoms with Crippen molar-refractivity contribution in [1.82, 2.24) is 4.90 Å². The number of phenolic OH excluding ortho intramolecular Hbond substituents is 1. The summed E-state index contributed by atoms with van der Waals surface area (Å²) >= 11 is 0. The highest BCUT2D eigenvalue weighted by molar-refractivity contribution is 6.29. The molecule has 1 aromatic carbocycles. The van der Waals surface area contributed by atoms with Crippen molar-refractivity contribution in [2.24, 2.45) is 0 Å². The lowest BCUT2D eigenvalue weighted by Gasteiger charge is -2.41. The Balaban J connectivity index is 1.57. The monoisotopic (exact) mass is 457 g/mol. The molecule has 33 heavy (non-hydrogen) atoms. The van der Waals surface area contributed by atoms with Gasteiger partial charge in [0.05, 0.1) is 42.0 Å². The Morgan fingerprint density at radius 3 is 2.45 bits per heavy atom. The molecule has 0 amide bonds. The van der Waals surface area contributed by atoms with E-state index in [0.29, 0.717) is 12.0 Å². The molecular weight excluding hydrogens is 430 g/mol. The Kier molecular flexibility index (Phi) is 5.20. The summed E-state index contributed by atoms with van der Waals surface area (Å²) in [6, 6.07) is 2.90. The van der Waals surface area contributed by atoms with Gasteiger partial charge < -0.3 is 29.3 Å². The highest BCUT2D eigenvalue weighted by atomic mass is 16.6. The SMILES string of the molecule is C[C@@H]1O[C@@H]2CC(=O)O[C@H]2C2=C1C(=O)c1c(ccc([C@H]3C[C@H](N(C)C)[C@H](O)[C@@H](C)O3)c1O)C2=O. The zero-order valence-corrected chi connectivity index (χ0v) is 18.9.